The largest absolute Gasteiger partial charge is 0.395 e. The molecule has 1 rings (SSSR count). The first kappa shape index (κ1) is 10.5. The lowest BCUT2D eigenvalue weighted by Gasteiger charge is -2.13. The molecule has 0 fully saturated rings. The van der Waals surface area contributed by atoms with Crippen LogP contribution < -0.4 is 0 Å². The van der Waals surface area contributed by atoms with Crippen LogP contribution in [0.2, 0.25) is 0 Å². The lowest BCUT2D eigenvalue weighted by atomic mass is 10.4. The normalized spacial score (nSPS) is 9.86. The van der Waals surface area contributed by atoms with Crippen molar-refractivity contribution in [2.75, 3.05) is 20.2 Å². The van der Waals surface area contributed by atoms with Crippen molar-refractivity contribution in [1.29, 1.82) is 0 Å². The first-order valence-corrected chi connectivity index (χ1v) is 4.19. The fourth-order valence-corrected chi connectivity index (χ4v) is 1.06. The molecule has 1 amide bonds. The molecule has 0 atom stereocenters. The summed E-state index contributed by atoms with van der Waals surface area (Å²) in [7, 11) is 1.58. The number of nitrogens with zero attached hydrogens (tertiary/aromatic N) is 1. The Morgan fingerprint density at radius 1 is 1.64 bits per heavy atom. The molecule has 0 unspecified atom stereocenters. The van der Waals surface area contributed by atoms with Gasteiger partial charge in [-0.1, -0.05) is 0 Å². The minimum atomic E-state index is -0.243. The summed E-state index contributed by atoms with van der Waals surface area (Å²) in [5, 5.41) is 8.62. The van der Waals surface area contributed by atoms with E-state index in [1.54, 1.807) is 13.1 Å². The number of H-pyrrole nitrogens is 1. The molecule has 76 valence electrons. The van der Waals surface area contributed by atoms with Gasteiger partial charge in [0.2, 0.25) is 0 Å². The number of carbonyl (C=O) groups is 2. The van der Waals surface area contributed by atoms with E-state index in [4.69, 9.17) is 5.11 Å². The van der Waals surface area contributed by atoms with Gasteiger partial charge >= 0.3 is 0 Å². The Labute approximate surface area is 81.3 Å². The fraction of sp³-hybridized carbons (Fsp3) is 0.333. The van der Waals surface area contributed by atoms with E-state index in [1.165, 1.54) is 11.0 Å². The summed E-state index contributed by atoms with van der Waals surface area (Å²) in [4.78, 5) is 25.9. The summed E-state index contributed by atoms with van der Waals surface area (Å²) in [6, 6.07) is 3.08. The van der Waals surface area contributed by atoms with E-state index in [0.29, 0.717) is 17.7 Å². The van der Waals surface area contributed by atoms with E-state index < -0.39 is 0 Å². The number of aldehydes is 1. The molecule has 0 aromatic carbocycles. The molecule has 1 heterocycles. The van der Waals surface area contributed by atoms with Crippen LogP contribution >= 0.6 is 0 Å². The summed E-state index contributed by atoms with van der Waals surface area (Å²) in [5.74, 6) is -0.243. The van der Waals surface area contributed by atoms with Gasteiger partial charge < -0.3 is 15.0 Å². The molecule has 2 N–H and O–H groups in total. The standard InChI is InChI=1S/C9H12N2O3/c1-11(4-5-12)9(14)8-3-2-7(6-13)10-8/h2-3,6,10,12H,4-5H2,1H3. The maximum Gasteiger partial charge on any atom is 0.270 e. The van der Waals surface area contributed by atoms with Crippen LogP contribution in [-0.2, 0) is 0 Å². The lowest BCUT2D eigenvalue weighted by molar-refractivity contribution is 0.0762. The number of aliphatic hydroxyl groups is 1. The highest BCUT2D eigenvalue weighted by Crippen LogP contribution is 2.02. The van der Waals surface area contributed by atoms with Crippen molar-refractivity contribution in [3.8, 4) is 0 Å². The van der Waals surface area contributed by atoms with Gasteiger partial charge in [-0.25, -0.2) is 0 Å². The number of amides is 1. The van der Waals surface area contributed by atoms with Crippen molar-refractivity contribution in [3.63, 3.8) is 0 Å². The topological polar surface area (TPSA) is 73.4 Å². The van der Waals surface area contributed by atoms with Gasteiger partial charge in [-0.2, -0.15) is 0 Å². The van der Waals surface area contributed by atoms with E-state index in [0.717, 1.165) is 0 Å². The first-order chi connectivity index (χ1) is 6.69. The average molecular weight is 196 g/mol. The molecular formula is C9H12N2O3. The first-order valence-electron chi connectivity index (χ1n) is 4.19. The molecule has 0 aliphatic rings. The number of aromatic amines is 1. The number of likely N-dealkylation sites (N-methyl/N-ethyl adjacent to an activating group) is 1. The Kier molecular flexibility index (Phi) is 3.41. The maximum absolute atomic E-state index is 11.5. The van der Waals surface area contributed by atoms with Gasteiger partial charge in [-0.15, -0.1) is 0 Å². The number of aromatic nitrogens is 1. The zero-order valence-corrected chi connectivity index (χ0v) is 7.86. The SMILES string of the molecule is CN(CCO)C(=O)c1ccc(C=O)[nH]1. The second-order valence-electron chi connectivity index (χ2n) is 2.90. The van der Waals surface area contributed by atoms with E-state index in [1.807, 2.05) is 0 Å². The highest BCUT2D eigenvalue weighted by Gasteiger charge is 2.12. The Hall–Kier alpha value is -1.62. The number of hydrogen-bond acceptors (Lipinski definition) is 3. The van der Waals surface area contributed by atoms with Crippen LogP contribution in [0.1, 0.15) is 21.0 Å². The van der Waals surface area contributed by atoms with Crippen molar-refractivity contribution < 1.29 is 14.7 Å². The van der Waals surface area contributed by atoms with Gasteiger partial charge in [0.1, 0.15) is 5.69 Å². The number of rotatable bonds is 4. The van der Waals surface area contributed by atoms with Gasteiger partial charge in [0.25, 0.3) is 5.91 Å². The molecule has 1 aromatic rings. The van der Waals surface area contributed by atoms with E-state index in [9.17, 15) is 9.59 Å². The summed E-state index contributed by atoms with van der Waals surface area (Å²) in [5.41, 5.74) is 0.716. The van der Waals surface area contributed by atoms with Gasteiger partial charge in [-0.3, -0.25) is 9.59 Å². The number of hydrogen-bond donors (Lipinski definition) is 2. The molecule has 5 heteroatoms. The van der Waals surface area contributed by atoms with Crippen LogP contribution in [0.3, 0.4) is 0 Å². The molecule has 0 spiro atoms. The van der Waals surface area contributed by atoms with Crippen LogP contribution in [0, 0.1) is 0 Å². The zero-order chi connectivity index (χ0) is 10.6. The molecule has 1 aromatic heterocycles. The quantitative estimate of drug-likeness (QED) is 0.660. The monoisotopic (exact) mass is 196 g/mol. The third-order valence-corrected chi connectivity index (χ3v) is 1.85. The van der Waals surface area contributed by atoms with Gasteiger partial charge in [-0.05, 0) is 12.1 Å². The fourth-order valence-electron chi connectivity index (χ4n) is 1.06. The molecule has 0 bridgehead atoms. The average Bonchev–Trinajstić information content (AvgIpc) is 2.65. The van der Waals surface area contributed by atoms with Crippen LogP contribution in [0.25, 0.3) is 0 Å². The van der Waals surface area contributed by atoms with Crippen molar-refractivity contribution in [2.45, 2.75) is 0 Å². The number of nitrogens with one attached hydrogen (secondary N) is 1. The van der Waals surface area contributed by atoms with Gasteiger partial charge in [0.15, 0.2) is 6.29 Å². The Morgan fingerprint density at radius 3 is 2.86 bits per heavy atom. The number of carbonyl (C=O) groups excluding carboxylic acids is 2. The van der Waals surface area contributed by atoms with Crippen LogP contribution in [0.5, 0.6) is 0 Å². The van der Waals surface area contributed by atoms with Crippen molar-refractivity contribution in [3.05, 3.63) is 23.5 Å². The van der Waals surface area contributed by atoms with E-state index >= 15 is 0 Å². The third kappa shape index (κ3) is 2.20. The summed E-state index contributed by atoms with van der Waals surface area (Å²) in [6.07, 6.45) is 0.642. The Balaban J connectivity index is 2.73. The summed E-state index contributed by atoms with van der Waals surface area (Å²) >= 11 is 0. The molecule has 5 nitrogen and oxygen atoms in total. The second-order valence-corrected chi connectivity index (χ2v) is 2.90. The van der Waals surface area contributed by atoms with E-state index in [-0.39, 0.29) is 19.1 Å². The molecule has 0 aliphatic heterocycles. The minimum Gasteiger partial charge on any atom is -0.395 e. The van der Waals surface area contributed by atoms with Crippen LogP contribution in [0.15, 0.2) is 12.1 Å². The van der Waals surface area contributed by atoms with Gasteiger partial charge in [0.05, 0.1) is 12.3 Å². The molecule has 14 heavy (non-hydrogen) atoms. The van der Waals surface area contributed by atoms with Gasteiger partial charge in [0, 0.05) is 13.6 Å². The van der Waals surface area contributed by atoms with Crippen LogP contribution in [-0.4, -0.2) is 47.4 Å². The third-order valence-electron chi connectivity index (χ3n) is 1.85. The van der Waals surface area contributed by atoms with Crippen molar-refractivity contribution in [2.24, 2.45) is 0 Å². The van der Waals surface area contributed by atoms with Crippen molar-refractivity contribution >= 4 is 12.2 Å². The second kappa shape index (κ2) is 4.57. The lowest BCUT2D eigenvalue weighted by Crippen LogP contribution is -2.29. The van der Waals surface area contributed by atoms with Crippen molar-refractivity contribution in [1.82, 2.24) is 9.88 Å². The molecular weight excluding hydrogens is 184 g/mol. The Morgan fingerprint density at radius 2 is 2.36 bits per heavy atom. The Bertz CT molecular complexity index is 333. The summed E-state index contributed by atoms with van der Waals surface area (Å²) in [6.45, 7) is 0.192. The van der Waals surface area contributed by atoms with E-state index in [2.05, 4.69) is 4.98 Å². The molecule has 0 saturated carbocycles. The highest BCUT2D eigenvalue weighted by atomic mass is 16.3. The van der Waals surface area contributed by atoms with Crippen LogP contribution in [0.4, 0.5) is 0 Å². The molecule has 0 radical (unpaired) electrons. The predicted molar refractivity (Wildman–Crippen MR) is 50.2 cm³/mol. The summed E-state index contributed by atoms with van der Waals surface area (Å²) < 4.78 is 0. The predicted octanol–water partition coefficient (Wildman–Crippen LogP) is -0.109. The number of aliphatic hydroxyl groups excluding tert-OH is 1. The molecule has 0 aliphatic carbocycles. The molecule has 0 saturated heterocycles. The minimum absolute atomic E-state index is 0.0799. The highest BCUT2D eigenvalue weighted by molar-refractivity contribution is 5.93. The maximum atomic E-state index is 11.5. The smallest absolute Gasteiger partial charge is 0.270 e. The zero-order valence-electron chi connectivity index (χ0n) is 7.86.